The first-order chi connectivity index (χ1) is 7.70. The second-order valence-corrected chi connectivity index (χ2v) is 19.2. The van der Waals surface area contributed by atoms with Crippen LogP contribution in [0.2, 0.25) is 0 Å². The van der Waals surface area contributed by atoms with E-state index in [9.17, 15) is 0 Å². The molecule has 16 heavy (non-hydrogen) atoms. The van der Waals surface area contributed by atoms with Gasteiger partial charge in [0.05, 0.1) is 11.0 Å². The molecule has 2 rings (SSSR count). The maximum absolute atomic E-state index is 5.06. The first kappa shape index (κ1) is 17.1. The second-order valence-electron chi connectivity index (χ2n) is 2.56. The fourth-order valence-corrected chi connectivity index (χ4v) is 1.39. The molecule has 0 saturated heterocycles. The number of aromatic nitrogens is 2. The van der Waals surface area contributed by atoms with Gasteiger partial charge in [0, 0.05) is 7.05 Å². The molecule has 0 amide bonds. The van der Waals surface area contributed by atoms with E-state index in [0.717, 1.165) is 15.8 Å². The number of H-pyrrole nitrogens is 1. The van der Waals surface area contributed by atoms with Crippen molar-refractivity contribution in [1.29, 1.82) is 0 Å². The number of aromatic amines is 1. The first-order valence-corrected chi connectivity index (χ1v) is 17.7. The number of hydrogen-bond donors (Lipinski definition) is 1. The van der Waals surface area contributed by atoms with Crippen LogP contribution in [0.3, 0.4) is 0 Å². The Labute approximate surface area is 131 Å². The van der Waals surface area contributed by atoms with Crippen molar-refractivity contribution in [3.63, 3.8) is 0 Å². The van der Waals surface area contributed by atoms with Gasteiger partial charge < -0.3 is 9.55 Å². The third-order valence-corrected chi connectivity index (χ3v) is 2.19. The summed E-state index contributed by atoms with van der Waals surface area (Å²) in [6.45, 7) is 4.00. The fraction of sp³-hybridized carbons (Fsp3) is 0.300. The number of hydrogen-bond acceptors (Lipinski definition) is 1. The van der Waals surface area contributed by atoms with Crippen molar-refractivity contribution >= 4 is 60.5 Å². The van der Waals surface area contributed by atoms with E-state index in [1.165, 1.54) is 0 Å². The molecule has 1 N–H and O–H groups in total. The molecule has 2 aromatic rings. The van der Waals surface area contributed by atoms with Crippen LogP contribution >= 0.6 is 49.4 Å². The zero-order chi connectivity index (χ0) is 12.6. The quantitative estimate of drug-likeness (QED) is 0.377. The number of imidazole rings is 1. The molecule has 0 aliphatic carbocycles. The van der Waals surface area contributed by atoms with Crippen molar-refractivity contribution in [3.8, 4) is 0 Å². The Morgan fingerprint density at radius 3 is 2.25 bits per heavy atom. The maximum atomic E-state index is 5.06. The molecule has 0 saturated carbocycles. The molecular formula is C10H14I3N2S-. The van der Waals surface area contributed by atoms with E-state index >= 15 is 0 Å². The predicted octanol–water partition coefficient (Wildman–Crippen LogP) is 2.04. The van der Waals surface area contributed by atoms with Crippen molar-refractivity contribution in [3.05, 3.63) is 29.0 Å². The molecule has 1 aromatic carbocycles. The third-order valence-electron chi connectivity index (χ3n) is 1.81. The Bertz CT molecular complexity index is 464. The van der Waals surface area contributed by atoms with Crippen LogP contribution in [-0.2, 0) is 7.05 Å². The van der Waals surface area contributed by atoms with Crippen LogP contribution in [0.4, 0.5) is 0 Å². The van der Waals surface area contributed by atoms with Gasteiger partial charge in [-0.05, 0) is 24.4 Å². The van der Waals surface area contributed by atoms with Crippen molar-refractivity contribution in [2.75, 3.05) is 0 Å². The molecule has 6 heteroatoms. The standard InChI is InChI=1S/C8H8N2S.C2H6.I3/c1-10-7-5-3-2-4-6(7)9-8(10)11;1-2;1-3-2/h2-5H,1H3,(H,9,11);1-2H3;/q;;-1. The summed E-state index contributed by atoms with van der Waals surface area (Å²) < 4.78 is 2.73. The van der Waals surface area contributed by atoms with Crippen molar-refractivity contribution in [1.82, 2.24) is 9.55 Å². The van der Waals surface area contributed by atoms with Gasteiger partial charge in [-0.2, -0.15) is 0 Å². The first-order valence-electron chi connectivity index (χ1n) is 4.71. The minimum absolute atomic E-state index is 0.530. The van der Waals surface area contributed by atoms with E-state index < -0.39 is 0 Å². The average molecular weight is 575 g/mol. The molecule has 1 heterocycles. The van der Waals surface area contributed by atoms with Gasteiger partial charge in [0.1, 0.15) is 0 Å². The Morgan fingerprint density at radius 2 is 1.75 bits per heavy atom. The topological polar surface area (TPSA) is 20.7 Å². The second kappa shape index (κ2) is 10.1. The molecule has 1 aromatic heterocycles. The summed E-state index contributed by atoms with van der Waals surface area (Å²) in [5.41, 5.74) is 2.25. The number of para-hydroxylation sites is 2. The van der Waals surface area contributed by atoms with Crippen LogP contribution in [0.25, 0.3) is 11.0 Å². The monoisotopic (exact) mass is 575 g/mol. The van der Waals surface area contributed by atoms with Gasteiger partial charge in [-0.25, -0.2) is 0 Å². The van der Waals surface area contributed by atoms with Gasteiger partial charge in [0.15, 0.2) is 4.77 Å². The SMILES string of the molecule is CC.Cn1c(=S)[nH]c2ccccc21.I[I-]I. The molecule has 0 aliphatic heterocycles. The number of aryl methyl sites for hydroxylation is 1. The summed E-state index contributed by atoms with van der Waals surface area (Å²) in [5, 5.41) is 0. The molecule has 0 atom stereocenters. The summed E-state index contributed by atoms with van der Waals surface area (Å²) in [4.78, 5) is 3.10. The molecule has 0 fully saturated rings. The Balaban J connectivity index is 0.000000394. The molecule has 0 radical (unpaired) electrons. The van der Waals surface area contributed by atoms with Crippen LogP contribution in [0.1, 0.15) is 13.8 Å². The number of benzene rings is 1. The molecular weight excluding hydrogens is 561 g/mol. The fourth-order valence-electron chi connectivity index (χ4n) is 1.18. The number of rotatable bonds is 0. The summed E-state index contributed by atoms with van der Waals surface area (Å²) >= 11 is 10.4. The van der Waals surface area contributed by atoms with E-state index in [0.29, 0.717) is 13.3 Å². The van der Waals surface area contributed by atoms with Crippen molar-refractivity contribution in [2.45, 2.75) is 13.8 Å². The average Bonchev–Trinajstić information content (AvgIpc) is 2.60. The van der Waals surface area contributed by atoms with Crippen LogP contribution < -0.4 is 13.3 Å². The third kappa shape index (κ3) is 5.17. The Morgan fingerprint density at radius 1 is 1.25 bits per heavy atom. The van der Waals surface area contributed by atoms with E-state index in [1.807, 2.05) is 49.7 Å². The minimum atomic E-state index is 0.530. The van der Waals surface area contributed by atoms with Crippen LogP contribution in [-0.4, -0.2) is 9.55 Å². The van der Waals surface area contributed by atoms with Crippen molar-refractivity contribution < 1.29 is 13.3 Å². The molecule has 92 valence electrons. The van der Waals surface area contributed by atoms with Gasteiger partial charge in [-0.3, -0.25) is 0 Å². The van der Waals surface area contributed by atoms with E-state index in [4.69, 9.17) is 12.2 Å². The van der Waals surface area contributed by atoms with Gasteiger partial charge in [0.25, 0.3) is 0 Å². The van der Waals surface area contributed by atoms with Gasteiger partial charge in [0.2, 0.25) is 0 Å². The van der Waals surface area contributed by atoms with Gasteiger partial charge in [-0.15, -0.1) is 0 Å². The number of fused-ring (bicyclic) bond motifs is 1. The van der Waals surface area contributed by atoms with Crippen LogP contribution in [0.15, 0.2) is 24.3 Å². The molecule has 0 spiro atoms. The summed E-state index contributed by atoms with van der Waals surface area (Å²) in [6.07, 6.45) is 0. The Kier molecular flexibility index (Phi) is 10.8. The summed E-state index contributed by atoms with van der Waals surface area (Å²) in [7, 11) is 1.96. The van der Waals surface area contributed by atoms with Crippen LogP contribution in [0, 0.1) is 4.77 Å². The number of halogens is 3. The van der Waals surface area contributed by atoms with Crippen LogP contribution in [0.5, 0.6) is 0 Å². The molecule has 0 aliphatic rings. The summed E-state index contributed by atoms with van der Waals surface area (Å²) in [6, 6.07) is 8.06. The van der Waals surface area contributed by atoms with E-state index in [2.05, 4.69) is 42.2 Å². The zero-order valence-electron chi connectivity index (χ0n) is 9.30. The predicted molar refractivity (Wildman–Crippen MR) is 87.5 cm³/mol. The number of nitrogens with zero attached hydrogens (tertiary/aromatic N) is 1. The molecule has 2 nitrogen and oxygen atoms in total. The summed E-state index contributed by atoms with van der Waals surface area (Å²) in [5.74, 6) is 0. The molecule has 0 bridgehead atoms. The van der Waals surface area contributed by atoms with Gasteiger partial charge in [-0.1, -0.05) is 26.0 Å². The number of nitrogens with one attached hydrogen (secondary N) is 1. The normalized spacial score (nSPS) is 9.06. The zero-order valence-corrected chi connectivity index (χ0v) is 16.6. The Hall–Kier alpha value is 1.10. The van der Waals surface area contributed by atoms with E-state index in [1.54, 1.807) is 0 Å². The van der Waals surface area contributed by atoms with E-state index in [-0.39, 0.29) is 0 Å². The van der Waals surface area contributed by atoms with Crippen molar-refractivity contribution in [2.24, 2.45) is 7.05 Å². The molecule has 0 unspecified atom stereocenters. The van der Waals surface area contributed by atoms with Gasteiger partial charge >= 0.3 is 50.5 Å².